The monoisotopic (exact) mass is 351 g/mol. The maximum absolute atomic E-state index is 12.3. The van der Waals surface area contributed by atoms with Crippen LogP contribution in [0.1, 0.15) is 29.7 Å². The van der Waals surface area contributed by atoms with Crippen LogP contribution < -0.4 is 4.90 Å². The largest absolute Gasteiger partial charge is 0.329 e. The van der Waals surface area contributed by atoms with E-state index in [4.69, 9.17) is 0 Å². The zero-order valence-electron chi connectivity index (χ0n) is 15.3. The van der Waals surface area contributed by atoms with E-state index in [9.17, 15) is 4.79 Å². The van der Waals surface area contributed by atoms with E-state index in [1.807, 2.05) is 48.5 Å². The van der Waals surface area contributed by atoms with Crippen molar-refractivity contribution in [3.05, 3.63) is 114 Å². The Morgan fingerprint density at radius 1 is 0.852 bits per heavy atom. The summed E-state index contributed by atoms with van der Waals surface area (Å²) < 4.78 is 0. The number of carbonyl (C=O) groups excluding carboxylic acids is 1. The Labute approximate surface area is 160 Å². The number of Topliss-reactive ketones (excluding diaryl/α,β-unsaturated/α-hetero) is 1. The topological polar surface area (TPSA) is 20.3 Å². The van der Waals surface area contributed by atoms with Crippen molar-refractivity contribution in [2.24, 2.45) is 0 Å². The first-order valence-electron chi connectivity index (χ1n) is 9.07. The van der Waals surface area contributed by atoms with E-state index < -0.39 is 0 Å². The van der Waals surface area contributed by atoms with E-state index in [0.717, 1.165) is 28.1 Å². The number of anilines is 1. The van der Waals surface area contributed by atoms with Gasteiger partial charge in [0.1, 0.15) is 0 Å². The molecule has 1 aliphatic heterocycles. The second-order valence-corrected chi connectivity index (χ2v) is 6.71. The highest BCUT2D eigenvalue weighted by Crippen LogP contribution is 2.44. The minimum absolute atomic E-state index is 0.00467. The Morgan fingerprint density at radius 3 is 2.11 bits per heavy atom. The second-order valence-electron chi connectivity index (χ2n) is 6.71. The molecule has 2 nitrogen and oxygen atoms in total. The molecule has 0 aliphatic carbocycles. The van der Waals surface area contributed by atoms with Crippen molar-refractivity contribution >= 4 is 23.2 Å². The number of nitrogens with zero attached hydrogens (tertiary/aromatic N) is 1. The summed E-state index contributed by atoms with van der Waals surface area (Å²) in [6.07, 6.45) is 2.20. The predicted octanol–water partition coefficient (Wildman–Crippen LogP) is 5.89. The van der Waals surface area contributed by atoms with Crippen LogP contribution in [0.25, 0.3) is 11.8 Å². The minimum atomic E-state index is -0.235. The summed E-state index contributed by atoms with van der Waals surface area (Å²) in [4.78, 5) is 14.6. The van der Waals surface area contributed by atoms with E-state index in [1.54, 1.807) is 6.92 Å². The lowest BCUT2D eigenvalue weighted by atomic mass is 9.86. The van der Waals surface area contributed by atoms with Gasteiger partial charge in [0.2, 0.25) is 0 Å². The maximum atomic E-state index is 12.3. The molecule has 132 valence electrons. The second kappa shape index (κ2) is 7.08. The minimum Gasteiger partial charge on any atom is -0.329 e. The molecular weight excluding hydrogens is 330 g/mol. The molecule has 0 N–H and O–H groups in total. The van der Waals surface area contributed by atoms with Gasteiger partial charge in [-0.2, -0.15) is 0 Å². The summed E-state index contributed by atoms with van der Waals surface area (Å²) in [5.74, 6) is 0.00467. The zero-order valence-corrected chi connectivity index (χ0v) is 15.3. The van der Waals surface area contributed by atoms with Gasteiger partial charge in [-0.15, -0.1) is 0 Å². The molecule has 0 saturated carbocycles. The van der Waals surface area contributed by atoms with E-state index in [-0.39, 0.29) is 11.8 Å². The number of carbonyl (C=O) groups is 1. The number of hydrogen-bond acceptors (Lipinski definition) is 2. The number of fused-ring (bicyclic) bond motifs is 1. The molecule has 1 heterocycles. The molecule has 1 unspecified atom stereocenters. The van der Waals surface area contributed by atoms with Gasteiger partial charge < -0.3 is 4.90 Å². The van der Waals surface area contributed by atoms with E-state index in [2.05, 4.69) is 54.0 Å². The Kier molecular flexibility index (Phi) is 4.47. The van der Waals surface area contributed by atoms with Crippen LogP contribution in [0, 0.1) is 0 Å². The van der Waals surface area contributed by atoms with Crippen LogP contribution in [0.15, 0.2) is 97.1 Å². The van der Waals surface area contributed by atoms with Crippen molar-refractivity contribution in [2.75, 3.05) is 4.90 Å². The van der Waals surface area contributed by atoms with Crippen LogP contribution in [0.4, 0.5) is 5.69 Å². The average Bonchev–Trinajstić information content (AvgIpc) is 2.73. The van der Waals surface area contributed by atoms with Crippen LogP contribution in [0.3, 0.4) is 0 Å². The third-order valence-corrected chi connectivity index (χ3v) is 4.99. The first-order valence-corrected chi connectivity index (χ1v) is 9.07. The third-order valence-electron chi connectivity index (χ3n) is 4.99. The van der Waals surface area contributed by atoms with Gasteiger partial charge in [-0.1, -0.05) is 79.4 Å². The zero-order chi connectivity index (χ0) is 18.8. The molecule has 0 saturated heterocycles. The first kappa shape index (κ1) is 17.0. The summed E-state index contributed by atoms with van der Waals surface area (Å²) in [5, 5.41) is 0. The summed E-state index contributed by atoms with van der Waals surface area (Å²) in [5.41, 5.74) is 6.02. The fraction of sp³-hybridized carbons (Fsp3) is 0.0800. The van der Waals surface area contributed by atoms with Crippen molar-refractivity contribution in [1.29, 1.82) is 0 Å². The lowest BCUT2D eigenvalue weighted by Gasteiger charge is -2.40. The fourth-order valence-electron chi connectivity index (χ4n) is 3.63. The standard InChI is InChI=1S/C25H21NO/c1-18(19(2)27)25-23-16-10-9-13-21(23)17-24(20-11-5-3-6-12-20)26(25)22-14-7-4-8-15-22/h3-17,25H,1H2,2H3. The van der Waals surface area contributed by atoms with Crippen molar-refractivity contribution in [3.63, 3.8) is 0 Å². The molecule has 3 aromatic carbocycles. The van der Waals surface area contributed by atoms with Crippen molar-refractivity contribution in [3.8, 4) is 0 Å². The fourth-order valence-corrected chi connectivity index (χ4v) is 3.63. The van der Waals surface area contributed by atoms with Crippen molar-refractivity contribution < 1.29 is 4.79 Å². The molecule has 0 radical (unpaired) electrons. The lowest BCUT2D eigenvalue weighted by Crippen LogP contribution is -2.33. The number of hydrogen-bond donors (Lipinski definition) is 0. The maximum Gasteiger partial charge on any atom is 0.157 e. The number of ketones is 1. The van der Waals surface area contributed by atoms with Crippen molar-refractivity contribution in [1.82, 2.24) is 0 Å². The van der Waals surface area contributed by atoms with Crippen LogP contribution >= 0.6 is 0 Å². The van der Waals surface area contributed by atoms with Gasteiger partial charge in [-0.05, 0) is 41.8 Å². The van der Waals surface area contributed by atoms with Gasteiger partial charge in [0, 0.05) is 17.0 Å². The van der Waals surface area contributed by atoms with Gasteiger partial charge in [-0.3, -0.25) is 4.79 Å². The molecular formula is C25H21NO. The first-order chi connectivity index (χ1) is 13.2. The molecule has 4 rings (SSSR count). The molecule has 27 heavy (non-hydrogen) atoms. The Morgan fingerprint density at radius 2 is 1.44 bits per heavy atom. The Balaban J connectivity index is 2.00. The molecule has 1 aliphatic rings. The molecule has 0 bridgehead atoms. The smallest absolute Gasteiger partial charge is 0.157 e. The summed E-state index contributed by atoms with van der Waals surface area (Å²) in [6, 6.07) is 28.5. The highest BCUT2D eigenvalue weighted by molar-refractivity contribution is 6.00. The summed E-state index contributed by atoms with van der Waals surface area (Å²) in [7, 11) is 0. The molecule has 2 heteroatoms. The number of rotatable bonds is 4. The highest BCUT2D eigenvalue weighted by atomic mass is 16.1. The van der Waals surface area contributed by atoms with E-state index in [1.165, 1.54) is 0 Å². The third kappa shape index (κ3) is 3.11. The van der Waals surface area contributed by atoms with Gasteiger partial charge in [-0.25, -0.2) is 0 Å². The SMILES string of the molecule is C=C(C(C)=O)C1c2ccccc2C=C(c2ccccc2)N1c1ccccc1. The molecule has 0 amide bonds. The van der Waals surface area contributed by atoms with Gasteiger partial charge >= 0.3 is 0 Å². The Bertz CT molecular complexity index is 1020. The van der Waals surface area contributed by atoms with E-state index in [0.29, 0.717) is 5.57 Å². The lowest BCUT2D eigenvalue weighted by molar-refractivity contribution is -0.113. The molecule has 0 spiro atoms. The quantitative estimate of drug-likeness (QED) is 0.546. The molecule has 1 atom stereocenters. The Hall–Kier alpha value is -3.39. The summed E-state index contributed by atoms with van der Waals surface area (Å²) in [6.45, 7) is 5.75. The van der Waals surface area contributed by atoms with Gasteiger partial charge in [0.15, 0.2) is 5.78 Å². The number of para-hydroxylation sites is 1. The van der Waals surface area contributed by atoms with E-state index >= 15 is 0 Å². The van der Waals surface area contributed by atoms with Crippen LogP contribution in [-0.2, 0) is 4.79 Å². The van der Waals surface area contributed by atoms with Crippen molar-refractivity contribution in [2.45, 2.75) is 13.0 Å². The van der Waals surface area contributed by atoms with Crippen LogP contribution in [0.5, 0.6) is 0 Å². The highest BCUT2D eigenvalue weighted by Gasteiger charge is 2.33. The van der Waals surface area contributed by atoms with Crippen LogP contribution in [-0.4, -0.2) is 5.78 Å². The molecule has 3 aromatic rings. The molecule has 0 fully saturated rings. The van der Waals surface area contributed by atoms with Gasteiger partial charge in [0.25, 0.3) is 0 Å². The van der Waals surface area contributed by atoms with Gasteiger partial charge in [0.05, 0.1) is 6.04 Å². The average molecular weight is 351 g/mol. The predicted molar refractivity (Wildman–Crippen MR) is 112 cm³/mol. The molecule has 0 aromatic heterocycles. The normalized spacial score (nSPS) is 15.7. The van der Waals surface area contributed by atoms with Crippen LogP contribution in [0.2, 0.25) is 0 Å². The summed E-state index contributed by atoms with van der Waals surface area (Å²) >= 11 is 0. The number of benzene rings is 3.